The zero-order valence-electron chi connectivity index (χ0n) is 8.51. The van der Waals surface area contributed by atoms with Crippen LogP contribution in [0.15, 0.2) is 0 Å². The molecular formula is C11H18O2. The van der Waals surface area contributed by atoms with Crippen LogP contribution in [-0.2, 0) is 9.53 Å². The minimum absolute atomic E-state index is 0.180. The summed E-state index contributed by atoms with van der Waals surface area (Å²) in [5, 5.41) is 0. The Morgan fingerprint density at radius 3 is 2.69 bits per heavy atom. The van der Waals surface area contributed by atoms with Crippen molar-refractivity contribution in [3.05, 3.63) is 0 Å². The van der Waals surface area contributed by atoms with Crippen molar-refractivity contribution in [2.75, 3.05) is 6.61 Å². The van der Waals surface area contributed by atoms with Gasteiger partial charge in [0.1, 0.15) is 6.10 Å². The minimum Gasteiger partial charge on any atom is -0.371 e. The smallest absolute Gasteiger partial charge is 0.161 e. The lowest BCUT2D eigenvalue weighted by Gasteiger charge is -2.12. The first-order valence-corrected chi connectivity index (χ1v) is 4.84. The molecule has 0 spiro atoms. The highest BCUT2D eigenvalue weighted by molar-refractivity contribution is 5.82. The first kappa shape index (κ1) is 12.2. The number of hydrogen-bond acceptors (Lipinski definition) is 2. The second-order valence-electron chi connectivity index (χ2n) is 2.88. The number of carbonyl (C=O) groups excluding carboxylic acids is 1. The molecule has 0 aliphatic rings. The van der Waals surface area contributed by atoms with Gasteiger partial charge in [0.15, 0.2) is 5.78 Å². The zero-order chi connectivity index (χ0) is 10.1. The molecule has 1 atom stereocenters. The SMILES string of the molecule is C#CCCCC(=O)C(CC)OCC. The Morgan fingerprint density at radius 2 is 2.23 bits per heavy atom. The third-order valence-corrected chi connectivity index (χ3v) is 1.84. The maximum absolute atomic E-state index is 11.4. The number of unbranched alkanes of at least 4 members (excludes halogenated alkanes) is 1. The highest BCUT2D eigenvalue weighted by Gasteiger charge is 2.14. The fraction of sp³-hybridized carbons (Fsp3) is 0.727. The number of rotatable bonds is 7. The third-order valence-electron chi connectivity index (χ3n) is 1.84. The van der Waals surface area contributed by atoms with E-state index in [0.29, 0.717) is 19.4 Å². The van der Waals surface area contributed by atoms with E-state index in [1.807, 2.05) is 13.8 Å². The van der Waals surface area contributed by atoms with Crippen LogP contribution in [-0.4, -0.2) is 18.5 Å². The highest BCUT2D eigenvalue weighted by Crippen LogP contribution is 2.05. The van der Waals surface area contributed by atoms with Crippen LogP contribution >= 0.6 is 0 Å². The van der Waals surface area contributed by atoms with Crippen LogP contribution in [0.2, 0.25) is 0 Å². The summed E-state index contributed by atoms with van der Waals surface area (Å²) in [7, 11) is 0. The van der Waals surface area contributed by atoms with Gasteiger partial charge >= 0.3 is 0 Å². The number of carbonyl (C=O) groups is 1. The van der Waals surface area contributed by atoms with Gasteiger partial charge in [-0.1, -0.05) is 6.92 Å². The fourth-order valence-corrected chi connectivity index (χ4v) is 1.17. The molecule has 13 heavy (non-hydrogen) atoms. The minimum atomic E-state index is -0.220. The molecule has 0 aromatic heterocycles. The molecule has 0 saturated heterocycles. The first-order valence-electron chi connectivity index (χ1n) is 4.84. The average Bonchev–Trinajstić information content (AvgIpc) is 2.14. The number of ketones is 1. The molecule has 1 unspecified atom stereocenters. The van der Waals surface area contributed by atoms with Gasteiger partial charge in [0, 0.05) is 19.4 Å². The zero-order valence-corrected chi connectivity index (χ0v) is 8.51. The Balaban J connectivity index is 3.72. The molecule has 2 heteroatoms. The topological polar surface area (TPSA) is 26.3 Å². The molecule has 0 aromatic rings. The largest absolute Gasteiger partial charge is 0.371 e. The Labute approximate surface area is 80.7 Å². The standard InChI is InChI=1S/C11H18O2/c1-4-7-8-9-10(12)11(5-2)13-6-3/h1,11H,5-9H2,2-3H3. The summed E-state index contributed by atoms with van der Waals surface area (Å²) in [6, 6.07) is 0. The van der Waals surface area contributed by atoms with E-state index in [1.54, 1.807) is 0 Å². The molecule has 0 rings (SSSR count). The molecule has 0 radical (unpaired) electrons. The lowest BCUT2D eigenvalue weighted by molar-refractivity contribution is -0.130. The number of terminal acetylenes is 1. The summed E-state index contributed by atoms with van der Waals surface area (Å²) in [6.07, 6.45) is 7.62. The number of ether oxygens (including phenoxy) is 1. The van der Waals surface area contributed by atoms with E-state index in [4.69, 9.17) is 11.2 Å². The van der Waals surface area contributed by atoms with Crippen molar-refractivity contribution in [1.29, 1.82) is 0 Å². The molecule has 0 fully saturated rings. The van der Waals surface area contributed by atoms with Gasteiger partial charge in [-0.05, 0) is 19.8 Å². The molecule has 0 aromatic carbocycles. The Bertz CT molecular complexity index is 179. The second kappa shape index (κ2) is 7.82. The summed E-state index contributed by atoms with van der Waals surface area (Å²) >= 11 is 0. The lowest BCUT2D eigenvalue weighted by Crippen LogP contribution is -2.23. The Morgan fingerprint density at radius 1 is 1.54 bits per heavy atom. The second-order valence-corrected chi connectivity index (χ2v) is 2.88. The van der Waals surface area contributed by atoms with E-state index in [-0.39, 0.29) is 11.9 Å². The summed E-state index contributed by atoms with van der Waals surface area (Å²) in [6.45, 7) is 4.45. The van der Waals surface area contributed by atoms with E-state index in [9.17, 15) is 4.79 Å². The van der Waals surface area contributed by atoms with Gasteiger partial charge in [-0.25, -0.2) is 0 Å². The maximum Gasteiger partial charge on any atom is 0.161 e. The predicted molar refractivity (Wildman–Crippen MR) is 53.4 cm³/mol. The van der Waals surface area contributed by atoms with Gasteiger partial charge < -0.3 is 4.74 Å². The van der Waals surface area contributed by atoms with E-state index < -0.39 is 0 Å². The molecule has 74 valence electrons. The summed E-state index contributed by atoms with van der Waals surface area (Å²) < 4.78 is 5.28. The van der Waals surface area contributed by atoms with E-state index in [1.165, 1.54) is 0 Å². The number of Topliss-reactive ketones (excluding diaryl/α,β-unsaturated/α-hetero) is 1. The van der Waals surface area contributed by atoms with Crippen LogP contribution in [0.1, 0.15) is 39.5 Å². The van der Waals surface area contributed by atoms with Crippen LogP contribution < -0.4 is 0 Å². The van der Waals surface area contributed by atoms with Crippen molar-refractivity contribution in [2.24, 2.45) is 0 Å². The van der Waals surface area contributed by atoms with Crippen molar-refractivity contribution in [2.45, 2.75) is 45.6 Å². The molecule has 0 bridgehead atoms. The third kappa shape index (κ3) is 5.43. The monoisotopic (exact) mass is 182 g/mol. The van der Waals surface area contributed by atoms with Crippen LogP contribution in [0.4, 0.5) is 0 Å². The number of hydrogen-bond donors (Lipinski definition) is 0. The fourth-order valence-electron chi connectivity index (χ4n) is 1.17. The molecular weight excluding hydrogens is 164 g/mol. The summed E-state index contributed by atoms with van der Waals surface area (Å²) in [4.78, 5) is 11.4. The molecule has 0 saturated carbocycles. The normalized spacial score (nSPS) is 12.1. The maximum atomic E-state index is 11.4. The van der Waals surface area contributed by atoms with Crippen molar-refractivity contribution in [3.8, 4) is 12.3 Å². The van der Waals surface area contributed by atoms with Crippen LogP contribution in [0.25, 0.3) is 0 Å². The van der Waals surface area contributed by atoms with Crippen LogP contribution in [0.5, 0.6) is 0 Å². The van der Waals surface area contributed by atoms with Crippen molar-refractivity contribution in [1.82, 2.24) is 0 Å². The molecule has 0 aliphatic heterocycles. The van der Waals surface area contributed by atoms with Crippen LogP contribution in [0, 0.1) is 12.3 Å². The van der Waals surface area contributed by atoms with Crippen molar-refractivity contribution >= 4 is 5.78 Å². The van der Waals surface area contributed by atoms with Crippen LogP contribution in [0.3, 0.4) is 0 Å². The molecule has 0 N–H and O–H groups in total. The van der Waals surface area contributed by atoms with Gasteiger partial charge in [-0.15, -0.1) is 12.3 Å². The van der Waals surface area contributed by atoms with Gasteiger partial charge in [-0.2, -0.15) is 0 Å². The first-order chi connectivity index (χ1) is 6.26. The van der Waals surface area contributed by atoms with Crippen molar-refractivity contribution < 1.29 is 9.53 Å². The highest BCUT2D eigenvalue weighted by atomic mass is 16.5. The summed E-state index contributed by atoms with van der Waals surface area (Å²) in [5.74, 6) is 2.70. The summed E-state index contributed by atoms with van der Waals surface area (Å²) in [5.41, 5.74) is 0. The lowest BCUT2D eigenvalue weighted by atomic mass is 10.1. The quantitative estimate of drug-likeness (QED) is 0.445. The molecule has 2 nitrogen and oxygen atoms in total. The van der Waals surface area contributed by atoms with Crippen molar-refractivity contribution in [3.63, 3.8) is 0 Å². The molecule has 0 aliphatic carbocycles. The van der Waals surface area contributed by atoms with Gasteiger partial charge in [0.2, 0.25) is 0 Å². The average molecular weight is 182 g/mol. The van der Waals surface area contributed by atoms with Gasteiger partial charge in [0.05, 0.1) is 0 Å². The van der Waals surface area contributed by atoms with Gasteiger partial charge in [-0.3, -0.25) is 4.79 Å². The molecule has 0 heterocycles. The predicted octanol–water partition coefficient (Wildman–Crippen LogP) is 2.17. The van der Waals surface area contributed by atoms with E-state index in [2.05, 4.69) is 5.92 Å². The Kier molecular flexibility index (Phi) is 7.33. The molecule has 0 amide bonds. The van der Waals surface area contributed by atoms with Gasteiger partial charge in [0.25, 0.3) is 0 Å². The van der Waals surface area contributed by atoms with E-state index in [0.717, 1.165) is 12.8 Å². The van der Waals surface area contributed by atoms with E-state index >= 15 is 0 Å². The Hall–Kier alpha value is -0.810.